The molecule has 7 nitrogen and oxygen atoms in total. The number of hydrogen-bond donors (Lipinski definition) is 2. The van der Waals surface area contributed by atoms with Gasteiger partial charge in [0.05, 0.1) is 16.6 Å². The Morgan fingerprint density at radius 3 is 2.44 bits per heavy atom. The molecule has 0 bridgehead atoms. The number of amides is 1. The van der Waals surface area contributed by atoms with Crippen LogP contribution in [0.25, 0.3) is 0 Å². The number of nitrogens with one attached hydrogen (secondary N) is 2. The molecule has 1 amide bonds. The second-order valence-electron chi connectivity index (χ2n) is 5.68. The maximum atomic E-state index is 12.9. The van der Waals surface area contributed by atoms with E-state index in [2.05, 4.69) is 15.2 Å². The third-order valence-electron chi connectivity index (χ3n) is 3.50. The minimum Gasteiger partial charge on any atom is -0.360 e. The van der Waals surface area contributed by atoms with Crippen LogP contribution in [0, 0.1) is 13.8 Å². The first kappa shape index (κ1) is 21.2. The first-order valence-corrected chi connectivity index (χ1v) is 9.32. The van der Waals surface area contributed by atoms with Crippen molar-refractivity contribution in [3.63, 3.8) is 0 Å². The average Bonchev–Trinajstić information content (AvgIpc) is 2.87. The SMILES string of the molecule is Cc1noc(C)c1S(=O)(=O)N[C@H](C)C(=O)Nc1ccc(Cl)c(C(F)(F)F)c1. The van der Waals surface area contributed by atoms with Gasteiger partial charge in [0.1, 0.15) is 10.6 Å². The predicted molar refractivity (Wildman–Crippen MR) is 90.8 cm³/mol. The Morgan fingerprint density at radius 1 is 1.30 bits per heavy atom. The molecule has 0 aliphatic heterocycles. The van der Waals surface area contributed by atoms with E-state index in [-0.39, 0.29) is 22.0 Å². The van der Waals surface area contributed by atoms with Gasteiger partial charge in [-0.2, -0.15) is 17.9 Å². The van der Waals surface area contributed by atoms with Crippen LogP contribution in [0.2, 0.25) is 5.02 Å². The molecule has 1 aromatic heterocycles. The van der Waals surface area contributed by atoms with E-state index in [1.54, 1.807) is 0 Å². The number of benzene rings is 1. The van der Waals surface area contributed by atoms with E-state index in [1.165, 1.54) is 26.8 Å². The molecule has 0 saturated heterocycles. The van der Waals surface area contributed by atoms with Crippen molar-refractivity contribution in [3.05, 3.63) is 40.2 Å². The van der Waals surface area contributed by atoms with E-state index in [0.717, 1.165) is 6.07 Å². The summed E-state index contributed by atoms with van der Waals surface area (Å²) in [6.07, 6.45) is -4.70. The summed E-state index contributed by atoms with van der Waals surface area (Å²) < 4.78 is 70.3. The second kappa shape index (κ2) is 7.49. The zero-order chi connectivity index (χ0) is 20.6. The van der Waals surface area contributed by atoms with Gasteiger partial charge in [-0.15, -0.1) is 0 Å². The number of sulfonamides is 1. The molecule has 2 rings (SSSR count). The second-order valence-corrected chi connectivity index (χ2v) is 7.74. The van der Waals surface area contributed by atoms with Gasteiger partial charge in [-0.3, -0.25) is 4.79 Å². The van der Waals surface area contributed by atoms with E-state index in [0.29, 0.717) is 6.07 Å². The number of anilines is 1. The van der Waals surface area contributed by atoms with Crippen LogP contribution >= 0.6 is 11.6 Å². The summed E-state index contributed by atoms with van der Waals surface area (Å²) in [5.74, 6) is -0.819. The molecule has 1 aromatic carbocycles. The molecule has 2 aromatic rings. The molecular weight excluding hydrogens is 411 g/mol. The quantitative estimate of drug-likeness (QED) is 0.765. The highest BCUT2D eigenvalue weighted by molar-refractivity contribution is 7.89. The van der Waals surface area contributed by atoms with Gasteiger partial charge >= 0.3 is 6.18 Å². The maximum absolute atomic E-state index is 12.9. The summed E-state index contributed by atoms with van der Waals surface area (Å²) in [5, 5.41) is 5.22. The molecule has 0 radical (unpaired) electrons. The molecule has 1 heterocycles. The van der Waals surface area contributed by atoms with Crippen molar-refractivity contribution < 1.29 is 30.9 Å². The van der Waals surface area contributed by atoms with Crippen LogP contribution in [-0.4, -0.2) is 25.5 Å². The summed E-state index contributed by atoms with van der Waals surface area (Å²) in [7, 11) is -4.12. The average molecular weight is 426 g/mol. The largest absolute Gasteiger partial charge is 0.417 e. The lowest BCUT2D eigenvalue weighted by Crippen LogP contribution is -2.41. The van der Waals surface area contributed by atoms with Gasteiger partial charge in [0, 0.05) is 5.69 Å². The van der Waals surface area contributed by atoms with Crippen molar-refractivity contribution in [2.75, 3.05) is 5.32 Å². The normalized spacial score (nSPS) is 13.4. The number of rotatable bonds is 5. The summed E-state index contributed by atoms with van der Waals surface area (Å²) in [4.78, 5) is 12.0. The van der Waals surface area contributed by atoms with Crippen molar-refractivity contribution in [2.45, 2.75) is 37.9 Å². The zero-order valence-electron chi connectivity index (χ0n) is 14.3. The van der Waals surface area contributed by atoms with E-state index in [9.17, 15) is 26.4 Å². The third kappa shape index (κ3) is 4.79. The molecular formula is C15H15ClF3N3O4S. The number of aromatic nitrogens is 1. The monoisotopic (exact) mass is 425 g/mol. The summed E-state index contributed by atoms with van der Waals surface area (Å²) in [6.45, 7) is 4.06. The number of halogens is 4. The molecule has 2 N–H and O–H groups in total. The van der Waals surface area contributed by atoms with Crippen LogP contribution in [0.3, 0.4) is 0 Å². The number of nitrogens with zero attached hydrogens (tertiary/aromatic N) is 1. The van der Waals surface area contributed by atoms with Crippen molar-refractivity contribution in [3.8, 4) is 0 Å². The van der Waals surface area contributed by atoms with Gasteiger partial charge in [0.2, 0.25) is 15.9 Å². The van der Waals surface area contributed by atoms with Gasteiger partial charge in [0.15, 0.2) is 5.76 Å². The standard InChI is InChI=1S/C15H15ClF3N3O4S/c1-7-13(9(3)26-21-7)27(24,25)22-8(2)14(23)20-10-4-5-12(16)11(6-10)15(17,18)19/h4-6,8,22H,1-3H3,(H,20,23)/t8-/m1/s1. The molecule has 27 heavy (non-hydrogen) atoms. The van der Waals surface area contributed by atoms with Crippen molar-refractivity contribution in [1.82, 2.24) is 9.88 Å². The molecule has 0 fully saturated rings. The molecule has 0 saturated carbocycles. The minimum absolute atomic E-state index is 0.0418. The van der Waals surface area contributed by atoms with E-state index in [4.69, 9.17) is 16.1 Å². The Labute approximate surface area is 157 Å². The highest BCUT2D eigenvalue weighted by Gasteiger charge is 2.34. The fourth-order valence-electron chi connectivity index (χ4n) is 2.27. The molecule has 0 spiro atoms. The smallest absolute Gasteiger partial charge is 0.360 e. The summed E-state index contributed by atoms with van der Waals surface area (Å²) >= 11 is 5.51. The van der Waals surface area contributed by atoms with Crippen LogP contribution in [-0.2, 0) is 21.0 Å². The van der Waals surface area contributed by atoms with Crippen molar-refractivity contribution in [2.24, 2.45) is 0 Å². The van der Waals surface area contributed by atoms with Crippen molar-refractivity contribution >= 4 is 33.2 Å². The lowest BCUT2D eigenvalue weighted by atomic mass is 10.2. The number of aryl methyl sites for hydroxylation is 2. The Kier molecular flexibility index (Phi) is 5.88. The molecule has 1 atom stereocenters. The maximum Gasteiger partial charge on any atom is 0.417 e. The van der Waals surface area contributed by atoms with Gasteiger partial charge in [0.25, 0.3) is 0 Å². The Hall–Kier alpha value is -2.11. The van der Waals surface area contributed by atoms with Crippen LogP contribution in [0.4, 0.5) is 18.9 Å². The highest BCUT2D eigenvalue weighted by atomic mass is 35.5. The molecule has 0 unspecified atom stereocenters. The number of carbonyl (C=O) groups excluding carboxylic acids is 1. The number of carbonyl (C=O) groups is 1. The predicted octanol–water partition coefficient (Wildman–Crippen LogP) is 3.27. The molecule has 0 aliphatic rings. The van der Waals surface area contributed by atoms with Gasteiger partial charge in [-0.05, 0) is 39.0 Å². The van der Waals surface area contributed by atoms with Crippen LogP contribution < -0.4 is 10.0 Å². The lowest BCUT2D eigenvalue weighted by Gasteiger charge is -2.16. The first-order chi connectivity index (χ1) is 12.3. The van der Waals surface area contributed by atoms with Crippen LogP contribution in [0.5, 0.6) is 0 Å². The third-order valence-corrected chi connectivity index (χ3v) is 5.61. The van der Waals surface area contributed by atoms with Crippen molar-refractivity contribution in [1.29, 1.82) is 0 Å². The van der Waals surface area contributed by atoms with Gasteiger partial charge < -0.3 is 9.84 Å². The molecule has 148 valence electrons. The molecule has 0 aliphatic carbocycles. The number of alkyl halides is 3. The van der Waals surface area contributed by atoms with Crippen LogP contribution in [0.1, 0.15) is 23.9 Å². The minimum atomic E-state index is -4.70. The van der Waals surface area contributed by atoms with Gasteiger partial charge in [-0.1, -0.05) is 16.8 Å². The number of hydrogen-bond acceptors (Lipinski definition) is 5. The topological polar surface area (TPSA) is 101 Å². The molecule has 12 heteroatoms. The summed E-state index contributed by atoms with van der Waals surface area (Å²) in [5.41, 5.74) is -1.19. The Balaban J connectivity index is 2.17. The Morgan fingerprint density at radius 2 is 1.93 bits per heavy atom. The van der Waals surface area contributed by atoms with E-state index >= 15 is 0 Å². The first-order valence-electron chi connectivity index (χ1n) is 7.45. The summed E-state index contributed by atoms with van der Waals surface area (Å²) in [6, 6.07) is 1.54. The lowest BCUT2D eigenvalue weighted by molar-refractivity contribution is -0.137. The Bertz CT molecular complexity index is 954. The van der Waals surface area contributed by atoms with E-state index in [1.807, 2.05) is 0 Å². The fourth-order valence-corrected chi connectivity index (χ4v) is 4.03. The van der Waals surface area contributed by atoms with Gasteiger partial charge in [-0.25, -0.2) is 8.42 Å². The highest BCUT2D eigenvalue weighted by Crippen LogP contribution is 2.36. The zero-order valence-corrected chi connectivity index (χ0v) is 15.9. The van der Waals surface area contributed by atoms with Crippen LogP contribution in [0.15, 0.2) is 27.6 Å². The van der Waals surface area contributed by atoms with E-state index < -0.39 is 38.7 Å². The fraction of sp³-hybridized carbons (Fsp3) is 0.333.